The Morgan fingerprint density at radius 1 is 1.09 bits per heavy atom. The summed E-state index contributed by atoms with van der Waals surface area (Å²) in [7, 11) is -4.48. The minimum absolute atomic E-state index is 0.0857. The molecule has 0 bridgehead atoms. The molecule has 1 unspecified atom stereocenters. The van der Waals surface area contributed by atoms with E-state index < -0.39 is 62.2 Å². The van der Waals surface area contributed by atoms with E-state index in [1.807, 2.05) is 32.9 Å². The van der Waals surface area contributed by atoms with Crippen molar-refractivity contribution < 1.29 is 46.9 Å². The van der Waals surface area contributed by atoms with Crippen LogP contribution < -0.4 is 15.3 Å². The fourth-order valence-electron chi connectivity index (χ4n) is 7.22. The summed E-state index contributed by atoms with van der Waals surface area (Å²) in [5.74, 6) is -1.94. The summed E-state index contributed by atoms with van der Waals surface area (Å²) in [6.45, 7) is 9.25. The largest absolute Gasteiger partial charge is 0.461 e. The Hall–Kier alpha value is -4.55. The molecule has 16 nitrogen and oxygen atoms in total. The second-order valence-electron chi connectivity index (χ2n) is 15.1. The smallest absolute Gasteiger partial charge is 0.459 e. The van der Waals surface area contributed by atoms with Gasteiger partial charge in [-0.2, -0.15) is 15.4 Å². The van der Waals surface area contributed by atoms with E-state index >= 15 is 0 Å². The number of esters is 3. The van der Waals surface area contributed by atoms with Gasteiger partial charge in [0.2, 0.25) is 5.60 Å². The number of ether oxygens (including phenoxy) is 4. The molecule has 1 saturated heterocycles. The first-order chi connectivity index (χ1) is 25.0. The number of nitrogen functional groups attached to an aromatic ring is 1. The number of nitrogens with one attached hydrogen (secondary N) is 1. The van der Waals surface area contributed by atoms with Gasteiger partial charge >= 0.3 is 25.7 Å². The second kappa shape index (κ2) is 14.4. The molecule has 2 aromatic heterocycles. The first kappa shape index (κ1) is 38.2. The van der Waals surface area contributed by atoms with Crippen LogP contribution in [0.15, 0.2) is 42.7 Å². The van der Waals surface area contributed by atoms with Gasteiger partial charge in [0.25, 0.3) is 0 Å². The molecular weight excluding hydrogens is 707 g/mol. The summed E-state index contributed by atoms with van der Waals surface area (Å²) in [6.07, 6.45) is 1.62. The van der Waals surface area contributed by atoms with Gasteiger partial charge in [-0.15, -0.1) is 0 Å². The van der Waals surface area contributed by atoms with Gasteiger partial charge in [-0.25, -0.2) is 14.1 Å². The zero-order valence-corrected chi connectivity index (χ0v) is 31.5. The Bertz CT molecular complexity index is 1960. The Kier molecular flexibility index (Phi) is 10.3. The molecule has 0 amide bonds. The number of rotatable bonds is 12. The highest BCUT2D eigenvalue weighted by Gasteiger charge is 2.62. The average Bonchev–Trinajstić information content (AvgIpc) is 3.60. The molecule has 1 spiro atoms. The number of anilines is 1. The van der Waals surface area contributed by atoms with Crippen molar-refractivity contribution >= 4 is 37.0 Å². The standard InChI is InChI=1S/C36H45N6O10P/c1-21(33(45)50-26-16-35(17-26)14-7-15-35)41-53(46,52-25-10-8-24(9-11-25)34(4,5)6)47-18-28-30(48-22(2)43)31(49-23(3)44)36(19-37,51-28)29-13-12-27-32(38)39-20-40-42(27)29/h8-13,20-21,26,28,30-31H,7,14-18H2,1-6H3,(H,41,46)(H2,38,39,40)/t21-,28+,30+,31+,36-,53?/m0/s1. The van der Waals surface area contributed by atoms with Crippen LogP contribution in [0.25, 0.3) is 5.52 Å². The molecule has 3 heterocycles. The second-order valence-corrected chi connectivity index (χ2v) is 16.8. The van der Waals surface area contributed by atoms with Crippen molar-refractivity contribution in [1.82, 2.24) is 19.7 Å². The molecule has 53 heavy (non-hydrogen) atoms. The molecule has 6 atom stereocenters. The van der Waals surface area contributed by atoms with Crippen molar-refractivity contribution in [3.05, 3.63) is 54.0 Å². The normalized spacial score (nSPS) is 25.3. The zero-order chi connectivity index (χ0) is 38.3. The van der Waals surface area contributed by atoms with E-state index in [1.54, 1.807) is 18.2 Å². The van der Waals surface area contributed by atoms with Gasteiger partial charge in [0, 0.05) is 13.8 Å². The molecule has 1 aliphatic heterocycles. The third kappa shape index (κ3) is 7.75. The van der Waals surface area contributed by atoms with Crippen molar-refractivity contribution in [2.24, 2.45) is 5.41 Å². The van der Waals surface area contributed by atoms with E-state index in [9.17, 15) is 24.2 Å². The van der Waals surface area contributed by atoms with E-state index in [1.165, 1.54) is 30.3 Å². The quantitative estimate of drug-likeness (QED) is 0.146. The fourth-order valence-corrected chi connectivity index (χ4v) is 8.72. The van der Waals surface area contributed by atoms with Gasteiger partial charge in [-0.1, -0.05) is 39.3 Å². The van der Waals surface area contributed by atoms with E-state index in [2.05, 4.69) is 21.2 Å². The first-order valence-corrected chi connectivity index (χ1v) is 19.1. The van der Waals surface area contributed by atoms with E-state index in [-0.39, 0.29) is 34.2 Å². The number of hydrogen-bond acceptors (Lipinski definition) is 14. The van der Waals surface area contributed by atoms with Gasteiger partial charge in [-0.05, 0) is 73.3 Å². The number of nitriles is 1. The molecule has 0 radical (unpaired) electrons. The van der Waals surface area contributed by atoms with Crippen molar-refractivity contribution in [2.45, 2.75) is 115 Å². The van der Waals surface area contributed by atoms with E-state index in [4.69, 9.17) is 33.7 Å². The van der Waals surface area contributed by atoms with Crippen molar-refractivity contribution in [1.29, 1.82) is 5.26 Å². The highest BCUT2D eigenvalue weighted by molar-refractivity contribution is 7.52. The Morgan fingerprint density at radius 3 is 2.36 bits per heavy atom. The number of aromatic nitrogens is 3. The molecule has 3 fully saturated rings. The van der Waals surface area contributed by atoms with Crippen LogP contribution in [0, 0.1) is 16.7 Å². The predicted molar refractivity (Wildman–Crippen MR) is 188 cm³/mol. The van der Waals surface area contributed by atoms with Crippen molar-refractivity contribution in [2.75, 3.05) is 12.3 Å². The molecule has 2 aliphatic carbocycles. The molecule has 6 rings (SSSR count). The van der Waals surface area contributed by atoms with Crippen LogP contribution in [0.4, 0.5) is 5.82 Å². The third-order valence-electron chi connectivity index (χ3n) is 10.1. The summed E-state index contributed by atoms with van der Waals surface area (Å²) >= 11 is 0. The lowest BCUT2D eigenvalue weighted by molar-refractivity contribution is -0.169. The summed E-state index contributed by atoms with van der Waals surface area (Å²) in [5.41, 5.74) is 5.42. The Balaban J connectivity index is 1.29. The molecule has 3 aromatic rings. The van der Waals surface area contributed by atoms with Crippen LogP contribution in [0.3, 0.4) is 0 Å². The monoisotopic (exact) mass is 752 g/mol. The third-order valence-corrected chi connectivity index (χ3v) is 11.7. The maximum absolute atomic E-state index is 14.6. The summed E-state index contributed by atoms with van der Waals surface area (Å²) < 4.78 is 51.1. The van der Waals surface area contributed by atoms with Crippen LogP contribution >= 0.6 is 7.75 Å². The minimum Gasteiger partial charge on any atom is -0.461 e. The van der Waals surface area contributed by atoms with Gasteiger partial charge in [0.15, 0.2) is 18.0 Å². The van der Waals surface area contributed by atoms with Gasteiger partial charge in [-0.3, -0.25) is 18.9 Å². The SMILES string of the molecule is CC(=O)O[C@H]1[C@@H](OC(C)=O)[C@](C#N)(c2ccc3c(N)ncnn23)O[C@@H]1COP(=O)(N[C@@H](C)C(=O)OC1CC2(CCC2)C1)Oc1ccc(C(C)(C)C)cc1. The lowest BCUT2D eigenvalue weighted by Crippen LogP contribution is -2.49. The number of hydrogen-bond donors (Lipinski definition) is 2. The van der Waals surface area contributed by atoms with Crippen LogP contribution in [0.1, 0.15) is 84.9 Å². The number of nitrogens with two attached hydrogens (primary N) is 1. The minimum atomic E-state index is -4.48. The van der Waals surface area contributed by atoms with Crippen molar-refractivity contribution in [3.63, 3.8) is 0 Å². The molecule has 3 N–H and O–H groups in total. The molecule has 284 valence electrons. The van der Waals surface area contributed by atoms with Gasteiger partial charge in [0.05, 0.1) is 12.3 Å². The zero-order valence-electron chi connectivity index (χ0n) is 30.6. The van der Waals surface area contributed by atoms with E-state index in [0.29, 0.717) is 5.52 Å². The summed E-state index contributed by atoms with van der Waals surface area (Å²) in [4.78, 5) is 42.1. The number of nitrogens with zero attached hydrogens (tertiary/aromatic N) is 4. The lowest BCUT2D eigenvalue weighted by atomic mass is 9.55. The van der Waals surface area contributed by atoms with Crippen LogP contribution in [-0.4, -0.2) is 69.6 Å². The highest BCUT2D eigenvalue weighted by Crippen LogP contribution is 2.57. The molecule has 3 aliphatic rings. The van der Waals surface area contributed by atoms with E-state index in [0.717, 1.165) is 45.1 Å². The van der Waals surface area contributed by atoms with Gasteiger partial charge in [0.1, 0.15) is 41.9 Å². The average molecular weight is 753 g/mol. The number of benzene rings is 1. The maximum Gasteiger partial charge on any atom is 0.459 e. The number of fused-ring (bicyclic) bond motifs is 1. The topological polar surface area (TPSA) is 216 Å². The van der Waals surface area contributed by atoms with Gasteiger partial charge < -0.3 is 29.2 Å². The number of carbonyl (C=O) groups is 3. The fraction of sp³-hybridized carbons (Fsp3) is 0.556. The molecule has 2 saturated carbocycles. The maximum atomic E-state index is 14.6. The van der Waals surface area contributed by atoms with Crippen molar-refractivity contribution in [3.8, 4) is 11.8 Å². The highest BCUT2D eigenvalue weighted by atomic mass is 31.2. The Morgan fingerprint density at radius 2 is 1.77 bits per heavy atom. The number of carbonyl (C=O) groups excluding carboxylic acids is 3. The Labute approximate surface area is 307 Å². The molecule has 17 heteroatoms. The molecular formula is C36H45N6O10P. The van der Waals surface area contributed by atoms with Crippen LogP contribution in [0.5, 0.6) is 5.75 Å². The van der Waals surface area contributed by atoms with Crippen LogP contribution in [-0.2, 0) is 53.4 Å². The molecule has 1 aromatic carbocycles. The lowest BCUT2D eigenvalue weighted by Gasteiger charge is -2.53. The predicted octanol–water partition coefficient (Wildman–Crippen LogP) is 4.65. The van der Waals surface area contributed by atoms with Crippen LogP contribution in [0.2, 0.25) is 0 Å². The summed E-state index contributed by atoms with van der Waals surface area (Å²) in [5, 5.41) is 17.6. The first-order valence-electron chi connectivity index (χ1n) is 17.5. The summed E-state index contributed by atoms with van der Waals surface area (Å²) in [6, 6.07) is 10.9.